The zero-order valence-electron chi connectivity index (χ0n) is 35.8. The number of hydrogen-bond acceptors (Lipinski definition) is 9. The molecule has 1 aliphatic rings. The van der Waals surface area contributed by atoms with Gasteiger partial charge in [0, 0.05) is 19.5 Å². The van der Waals surface area contributed by atoms with Gasteiger partial charge in [0.25, 0.3) is 0 Å². The number of fused-ring (bicyclic) bond motifs is 1. The Labute approximate surface area is 368 Å². The van der Waals surface area contributed by atoms with Gasteiger partial charge >= 0.3 is 12.2 Å². The van der Waals surface area contributed by atoms with Crippen LogP contribution in [0.4, 0.5) is 9.59 Å². The molecule has 0 saturated carbocycles. The third-order valence-electron chi connectivity index (χ3n) is 11.0. The van der Waals surface area contributed by atoms with Gasteiger partial charge in [0.1, 0.15) is 25.3 Å². The molecule has 7 N–H and O–H groups in total. The molecule has 330 valence electrons. The lowest BCUT2D eigenvalue weighted by molar-refractivity contribution is -0.131. The number of carbonyl (C=O) groups is 4. The summed E-state index contributed by atoms with van der Waals surface area (Å²) in [6, 6.07) is 38.5. The Bertz CT molecular complexity index is 2250. The van der Waals surface area contributed by atoms with Crippen molar-refractivity contribution in [2.45, 2.75) is 96.3 Å². The Morgan fingerprint density at radius 2 is 1.16 bits per heavy atom. The second kappa shape index (κ2) is 22.0. The lowest BCUT2D eigenvalue weighted by Gasteiger charge is -2.35. The third-order valence-corrected chi connectivity index (χ3v) is 11.0. The van der Waals surface area contributed by atoms with Crippen LogP contribution in [0.3, 0.4) is 0 Å². The highest BCUT2D eigenvalue weighted by Gasteiger charge is 2.40. The number of benzene rings is 5. The van der Waals surface area contributed by atoms with Gasteiger partial charge in [-0.05, 0) is 50.8 Å². The highest BCUT2D eigenvalue weighted by molar-refractivity contribution is 5.87. The number of aliphatic hydroxyl groups excluding tert-OH is 2. The Kier molecular flexibility index (Phi) is 16.1. The minimum absolute atomic E-state index is 0.00652. The molecule has 0 fully saturated rings. The molecular weight excluding hydrogens is 799 g/mol. The summed E-state index contributed by atoms with van der Waals surface area (Å²) in [7, 11) is 0. The minimum atomic E-state index is -1.51. The molecule has 1 aliphatic carbocycles. The van der Waals surface area contributed by atoms with Crippen molar-refractivity contribution in [1.82, 2.24) is 26.6 Å². The molecule has 13 heteroatoms. The molecule has 2 unspecified atom stereocenters. The van der Waals surface area contributed by atoms with E-state index in [0.29, 0.717) is 6.42 Å². The van der Waals surface area contributed by atoms with E-state index in [4.69, 9.17) is 9.47 Å². The zero-order valence-corrected chi connectivity index (χ0v) is 35.8. The van der Waals surface area contributed by atoms with E-state index in [1.54, 1.807) is 20.8 Å². The number of carbonyl (C=O) groups excluding carboxylic acids is 4. The SMILES string of the molecule is CC(C)(C)[C@H](NC(=O)OCc1ccccc1)C(=O)N[C@@H](Cc1ccccc1)[C@@H](O)[C@@H](NCc1ccc(CNC(=O)OCc2ccccc2)cc1)C(=O)NC1c2ccccc2CC1O. The van der Waals surface area contributed by atoms with Gasteiger partial charge in [-0.3, -0.25) is 14.9 Å². The fraction of sp³-hybridized carbons (Fsp3) is 0.320. The van der Waals surface area contributed by atoms with Crippen molar-refractivity contribution in [2.24, 2.45) is 5.41 Å². The first kappa shape index (κ1) is 46.0. The van der Waals surface area contributed by atoms with Crippen molar-refractivity contribution in [2.75, 3.05) is 0 Å². The van der Waals surface area contributed by atoms with Crippen LogP contribution in [-0.2, 0) is 58.2 Å². The summed E-state index contributed by atoms with van der Waals surface area (Å²) in [4.78, 5) is 54.2. The van der Waals surface area contributed by atoms with Crippen LogP contribution in [0.1, 0.15) is 65.8 Å². The van der Waals surface area contributed by atoms with E-state index in [2.05, 4.69) is 26.6 Å². The second-order valence-electron chi connectivity index (χ2n) is 16.8. The van der Waals surface area contributed by atoms with Crippen molar-refractivity contribution >= 4 is 24.0 Å². The first-order valence-corrected chi connectivity index (χ1v) is 21.2. The fourth-order valence-electron chi connectivity index (χ4n) is 7.49. The van der Waals surface area contributed by atoms with E-state index in [9.17, 15) is 29.4 Å². The molecule has 0 aromatic heterocycles. The first-order chi connectivity index (χ1) is 30.3. The summed E-state index contributed by atoms with van der Waals surface area (Å²) < 4.78 is 10.8. The summed E-state index contributed by atoms with van der Waals surface area (Å²) in [5.41, 5.74) is 4.95. The quantitative estimate of drug-likeness (QED) is 0.0574. The summed E-state index contributed by atoms with van der Waals surface area (Å²) in [5, 5.41) is 38.1. The molecule has 63 heavy (non-hydrogen) atoms. The number of alkyl carbamates (subject to hydrolysis) is 2. The maximum Gasteiger partial charge on any atom is 0.408 e. The van der Waals surface area contributed by atoms with Gasteiger partial charge in [-0.15, -0.1) is 0 Å². The lowest BCUT2D eigenvalue weighted by atomic mass is 9.85. The van der Waals surface area contributed by atoms with Crippen LogP contribution in [0.5, 0.6) is 0 Å². The topological polar surface area (TPSA) is 187 Å². The highest BCUT2D eigenvalue weighted by Crippen LogP contribution is 2.31. The summed E-state index contributed by atoms with van der Waals surface area (Å²) in [6.07, 6.45) is -3.24. The summed E-state index contributed by atoms with van der Waals surface area (Å²) in [5.74, 6) is -1.16. The van der Waals surface area contributed by atoms with Gasteiger partial charge < -0.3 is 41.0 Å². The highest BCUT2D eigenvalue weighted by atomic mass is 16.6. The van der Waals surface area contributed by atoms with Gasteiger partial charge in [0.2, 0.25) is 11.8 Å². The molecule has 0 saturated heterocycles. The van der Waals surface area contributed by atoms with Crippen molar-refractivity contribution in [1.29, 1.82) is 0 Å². The fourth-order valence-corrected chi connectivity index (χ4v) is 7.49. The normalized spacial score (nSPS) is 16.3. The van der Waals surface area contributed by atoms with Gasteiger partial charge in [-0.1, -0.05) is 160 Å². The van der Waals surface area contributed by atoms with Crippen LogP contribution < -0.4 is 26.6 Å². The number of rotatable bonds is 18. The molecule has 0 radical (unpaired) electrons. The molecule has 5 aromatic carbocycles. The lowest BCUT2D eigenvalue weighted by Crippen LogP contribution is -2.62. The van der Waals surface area contributed by atoms with Crippen LogP contribution in [0.2, 0.25) is 0 Å². The van der Waals surface area contributed by atoms with E-state index in [-0.39, 0.29) is 32.7 Å². The Morgan fingerprint density at radius 3 is 1.75 bits per heavy atom. The number of nitrogens with one attached hydrogen (secondary N) is 5. The molecule has 0 aliphatic heterocycles. The molecule has 13 nitrogen and oxygen atoms in total. The van der Waals surface area contributed by atoms with E-state index >= 15 is 0 Å². The molecule has 0 bridgehead atoms. The summed E-state index contributed by atoms with van der Waals surface area (Å²) in [6.45, 7) is 5.94. The van der Waals surface area contributed by atoms with E-state index in [0.717, 1.165) is 38.9 Å². The average Bonchev–Trinajstić information content (AvgIpc) is 3.60. The van der Waals surface area contributed by atoms with Crippen LogP contribution in [0, 0.1) is 5.41 Å². The van der Waals surface area contributed by atoms with Crippen LogP contribution in [0.15, 0.2) is 140 Å². The minimum Gasteiger partial charge on any atom is -0.445 e. The van der Waals surface area contributed by atoms with E-state index in [1.807, 2.05) is 140 Å². The van der Waals surface area contributed by atoms with Crippen LogP contribution >= 0.6 is 0 Å². The largest absolute Gasteiger partial charge is 0.445 e. The van der Waals surface area contributed by atoms with Crippen molar-refractivity contribution < 1.29 is 38.9 Å². The molecule has 4 amide bonds. The number of ether oxygens (including phenoxy) is 2. The Morgan fingerprint density at radius 1 is 0.635 bits per heavy atom. The standard InChI is InChI=1S/C50H57N5O8/c1-50(2,3)45(55-49(61)63-32-37-19-11-6-12-20-37)47(59)53-40(27-33-15-7-4-8-16-33)44(57)43(46(58)54-42-39-22-14-13-21-38(39)28-41(42)56)51-29-34-23-25-35(26-24-34)30-52-48(60)62-31-36-17-9-5-10-18-36/h4-26,40-45,51,56-57H,27-32H2,1-3H3,(H,52,60)(H,53,59)(H,54,58)(H,55,61)/t40-,41?,42?,43+,44+,45+/m0/s1. The predicted molar refractivity (Wildman–Crippen MR) is 239 cm³/mol. The number of aliphatic hydroxyl groups is 2. The van der Waals surface area contributed by atoms with Crippen molar-refractivity contribution in [3.05, 3.63) is 178 Å². The summed E-state index contributed by atoms with van der Waals surface area (Å²) >= 11 is 0. The maximum absolute atomic E-state index is 14.5. The average molecular weight is 856 g/mol. The van der Waals surface area contributed by atoms with Crippen LogP contribution in [-0.4, -0.2) is 64.5 Å². The maximum atomic E-state index is 14.5. The van der Waals surface area contributed by atoms with Gasteiger partial charge in [0.15, 0.2) is 0 Å². The molecule has 5 aromatic rings. The Balaban J connectivity index is 1.19. The molecule has 6 atom stereocenters. The molecular formula is C50H57N5O8. The van der Waals surface area contributed by atoms with Crippen LogP contribution in [0.25, 0.3) is 0 Å². The van der Waals surface area contributed by atoms with Crippen molar-refractivity contribution in [3.8, 4) is 0 Å². The van der Waals surface area contributed by atoms with Gasteiger partial charge in [-0.2, -0.15) is 0 Å². The van der Waals surface area contributed by atoms with Gasteiger partial charge in [-0.25, -0.2) is 9.59 Å². The molecule has 0 heterocycles. The molecule has 0 spiro atoms. The Hall–Kier alpha value is -6.54. The predicted octanol–water partition coefficient (Wildman–Crippen LogP) is 5.78. The zero-order chi connectivity index (χ0) is 44.8. The number of hydrogen-bond donors (Lipinski definition) is 7. The second-order valence-corrected chi connectivity index (χ2v) is 16.8. The molecule has 6 rings (SSSR count). The van der Waals surface area contributed by atoms with Gasteiger partial charge in [0.05, 0.1) is 24.3 Å². The van der Waals surface area contributed by atoms with Crippen molar-refractivity contribution in [3.63, 3.8) is 0 Å². The monoisotopic (exact) mass is 855 g/mol. The smallest absolute Gasteiger partial charge is 0.408 e. The third kappa shape index (κ3) is 13.5. The van der Waals surface area contributed by atoms with E-state index in [1.165, 1.54) is 0 Å². The van der Waals surface area contributed by atoms with E-state index < -0.39 is 65.8 Å². The first-order valence-electron chi connectivity index (χ1n) is 21.2. The number of amides is 4.